The minimum atomic E-state index is -0.993. The molecule has 0 fully saturated rings. The minimum absolute atomic E-state index is 0.190. The molecule has 0 aliphatic carbocycles. The predicted molar refractivity (Wildman–Crippen MR) is 58.8 cm³/mol. The summed E-state index contributed by atoms with van der Waals surface area (Å²) in [7, 11) is 0. The highest BCUT2D eigenvalue weighted by Gasteiger charge is 2.15. The summed E-state index contributed by atoms with van der Waals surface area (Å²) in [4.78, 5) is 14.9. The van der Waals surface area contributed by atoms with Crippen LogP contribution in [0.3, 0.4) is 0 Å². The summed E-state index contributed by atoms with van der Waals surface area (Å²) in [6.07, 6.45) is 3.19. The van der Waals surface area contributed by atoms with Crippen LogP contribution in [0.15, 0.2) is 17.7 Å². The van der Waals surface area contributed by atoms with Crippen molar-refractivity contribution in [2.24, 2.45) is 0 Å². The molecule has 0 spiro atoms. The van der Waals surface area contributed by atoms with Gasteiger partial charge in [-0.25, -0.2) is 4.79 Å². The Morgan fingerprint density at radius 1 is 1.40 bits per heavy atom. The molecular weight excluding hydrogens is 214 g/mol. The number of carboxylic acids is 1. The fraction of sp³-hybridized carbons (Fsp3) is 0.222. The minimum Gasteiger partial charge on any atom is -0.478 e. The molecule has 0 radical (unpaired) electrons. The number of rotatable bonds is 3. The first-order valence-electron chi connectivity index (χ1n) is 4.31. The van der Waals surface area contributed by atoms with Crippen LogP contribution >= 0.6 is 12.2 Å². The van der Waals surface area contributed by atoms with Crippen LogP contribution in [-0.2, 0) is 4.79 Å². The van der Waals surface area contributed by atoms with E-state index in [1.54, 1.807) is 19.9 Å². The topological polar surface area (TPSA) is 81.8 Å². The molecule has 0 saturated carbocycles. The molecule has 0 aromatic carbocycles. The maximum Gasteiger partial charge on any atom is 0.336 e. The molecule has 0 unspecified atom stereocenters. The van der Waals surface area contributed by atoms with Gasteiger partial charge >= 0.3 is 5.97 Å². The Labute approximate surface area is 91.5 Å². The second kappa shape index (κ2) is 4.70. The van der Waals surface area contributed by atoms with Gasteiger partial charge in [0.2, 0.25) is 4.77 Å². The molecule has 1 aromatic rings. The Bertz CT molecular complexity index is 482. The molecule has 0 saturated heterocycles. The molecule has 0 aliphatic heterocycles. The Kier molecular flexibility index (Phi) is 3.56. The van der Waals surface area contributed by atoms with Crippen molar-refractivity contribution in [3.63, 3.8) is 0 Å². The van der Waals surface area contributed by atoms with E-state index in [9.17, 15) is 4.79 Å². The van der Waals surface area contributed by atoms with Crippen LogP contribution in [0.5, 0.6) is 0 Å². The number of carbonyl (C=O) groups is 1. The summed E-state index contributed by atoms with van der Waals surface area (Å²) >= 11 is 4.80. The van der Waals surface area contributed by atoms with Crippen molar-refractivity contribution in [2.45, 2.75) is 13.8 Å². The molecule has 1 rings (SSSR count). The van der Waals surface area contributed by atoms with Crippen LogP contribution in [0.1, 0.15) is 19.7 Å². The number of nitrogens with one attached hydrogen (secondary N) is 2. The largest absolute Gasteiger partial charge is 0.478 e. The zero-order chi connectivity index (χ0) is 11.4. The van der Waals surface area contributed by atoms with Gasteiger partial charge in [-0.2, -0.15) is 4.98 Å². The van der Waals surface area contributed by atoms with Gasteiger partial charge in [0.25, 0.3) is 0 Å². The van der Waals surface area contributed by atoms with E-state index in [-0.39, 0.29) is 5.57 Å². The van der Waals surface area contributed by atoms with E-state index in [2.05, 4.69) is 15.2 Å². The highest BCUT2D eigenvalue weighted by molar-refractivity contribution is 7.71. The second-order valence-electron chi connectivity index (χ2n) is 2.73. The van der Waals surface area contributed by atoms with Crippen molar-refractivity contribution in [1.82, 2.24) is 15.2 Å². The number of carboxylic acid groups (broad SMARTS) is 1. The third-order valence-electron chi connectivity index (χ3n) is 1.85. The molecule has 0 atom stereocenters. The summed E-state index contributed by atoms with van der Waals surface area (Å²) in [5.41, 5.74) is 0.701. The lowest BCUT2D eigenvalue weighted by atomic mass is 10.1. The average Bonchev–Trinajstić information content (AvgIpc) is 2.60. The molecule has 1 aromatic heterocycles. The first kappa shape index (κ1) is 11.4. The highest BCUT2D eigenvalue weighted by Crippen LogP contribution is 2.19. The third-order valence-corrected chi connectivity index (χ3v) is 2.05. The number of nitrogens with zero attached hydrogens (tertiary/aromatic N) is 1. The smallest absolute Gasteiger partial charge is 0.336 e. The predicted octanol–water partition coefficient (Wildman–Crippen LogP) is 1.90. The standard InChI is InChI=1S/C9H11N3O2S/c1-3-5(6(4-2)8(13)14)7-10-9(15)12-11-7/h3-4H,1-2H3,(H,13,14)(H2,10,11,12,15)/b5-3+,6-4+. The van der Waals surface area contributed by atoms with Gasteiger partial charge < -0.3 is 5.11 Å². The number of aromatic amines is 2. The first-order chi connectivity index (χ1) is 7.10. The van der Waals surface area contributed by atoms with Crippen LogP contribution in [0, 0.1) is 4.77 Å². The molecule has 6 heteroatoms. The monoisotopic (exact) mass is 225 g/mol. The van der Waals surface area contributed by atoms with Crippen LogP contribution in [-0.4, -0.2) is 26.3 Å². The molecule has 80 valence electrons. The fourth-order valence-corrected chi connectivity index (χ4v) is 1.35. The van der Waals surface area contributed by atoms with Crippen LogP contribution < -0.4 is 0 Å². The van der Waals surface area contributed by atoms with Gasteiger partial charge in [0.05, 0.1) is 5.57 Å². The van der Waals surface area contributed by atoms with Crippen molar-refractivity contribution in [3.05, 3.63) is 28.3 Å². The fourth-order valence-electron chi connectivity index (χ4n) is 1.21. The summed E-state index contributed by atoms with van der Waals surface area (Å²) in [6.45, 7) is 3.40. The molecule has 5 nitrogen and oxygen atoms in total. The number of H-pyrrole nitrogens is 2. The number of allylic oxidation sites excluding steroid dienone is 2. The van der Waals surface area contributed by atoms with E-state index < -0.39 is 5.97 Å². The Morgan fingerprint density at radius 3 is 2.40 bits per heavy atom. The normalized spacial score (nSPS) is 12.9. The van der Waals surface area contributed by atoms with Crippen LogP contribution in [0.4, 0.5) is 0 Å². The number of hydrogen-bond acceptors (Lipinski definition) is 3. The number of aromatic nitrogens is 3. The van der Waals surface area contributed by atoms with E-state index in [0.29, 0.717) is 16.2 Å². The summed E-state index contributed by atoms with van der Waals surface area (Å²) in [5.74, 6) is -0.564. The van der Waals surface area contributed by atoms with Crippen LogP contribution in [0.25, 0.3) is 5.57 Å². The summed E-state index contributed by atoms with van der Waals surface area (Å²) in [6, 6.07) is 0. The molecule has 3 N–H and O–H groups in total. The lowest BCUT2D eigenvalue weighted by Crippen LogP contribution is -2.04. The lowest BCUT2D eigenvalue weighted by molar-refractivity contribution is -0.132. The van der Waals surface area contributed by atoms with E-state index >= 15 is 0 Å². The van der Waals surface area contributed by atoms with Crippen molar-refractivity contribution in [2.75, 3.05) is 0 Å². The number of aliphatic carboxylic acids is 1. The van der Waals surface area contributed by atoms with Gasteiger partial charge in [0.15, 0.2) is 5.82 Å². The number of hydrogen-bond donors (Lipinski definition) is 3. The van der Waals surface area contributed by atoms with Crippen molar-refractivity contribution in [1.29, 1.82) is 0 Å². The van der Waals surface area contributed by atoms with Crippen molar-refractivity contribution < 1.29 is 9.90 Å². The average molecular weight is 225 g/mol. The molecule has 0 aliphatic rings. The summed E-state index contributed by atoms with van der Waals surface area (Å²) in [5, 5.41) is 14.3. The Morgan fingerprint density at radius 2 is 2.07 bits per heavy atom. The SMILES string of the molecule is C/C=C(C(=O)O)\C(=C/C)c1nc(=S)[nH][nH]1. The van der Waals surface area contributed by atoms with E-state index in [0.717, 1.165) is 0 Å². The maximum atomic E-state index is 10.9. The lowest BCUT2D eigenvalue weighted by Gasteiger charge is -2.03. The zero-order valence-corrected chi connectivity index (χ0v) is 9.18. The molecular formula is C9H11N3O2S. The quantitative estimate of drug-likeness (QED) is 0.417. The first-order valence-corrected chi connectivity index (χ1v) is 4.72. The molecule has 0 amide bonds. The molecule has 0 bridgehead atoms. The van der Waals surface area contributed by atoms with E-state index in [1.165, 1.54) is 6.08 Å². The van der Waals surface area contributed by atoms with Gasteiger partial charge in [-0.1, -0.05) is 12.2 Å². The third kappa shape index (κ3) is 2.41. The van der Waals surface area contributed by atoms with E-state index in [1.807, 2.05) is 0 Å². The zero-order valence-electron chi connectivity index (χ0n) is 8.37. The highest BCUT2D eigenvalue weighted by atomic mass is 32.1. The van der Waals surface area contributed by atoms with E-state index in [4.69, 9.17) is 17.3 Å². The molecule has 15 heavy (non-hydrogen) atoms. The maximum absolute atomic E-state index is 10.9. The second-order valence-corrected chi connectivity index (χ2v) is 3.11. The summed E-state index contributed by atoms with van der Waals surface area (Å²) < 4.78 is 0.296. The van der Waals surface area contributed by atoms with Crippen molar-refractivity contribution in [3.8, 4) is 0 Å². The van der Waals surface area contributed by atoms with Gasteiger partial charge in [-0.3, -0.25) is 10.2 Å². The van der Waals surface area contributed by atoms with Gasteiger partial charge in [0.1, 0.15) is 0 Å². The van der Waals surface area contributed by atoms with Gasteiger partial charge in [-0.15, -0.1) is 0 Å². The van der Waals surface area contributed by atoms with Gasteiger partial charge in [-0.05, 0) is 26.1 Å². The van der Waals surface area contributed by atoms with Crippen molar-refractivity contribution >= 4 is 23.8 Å². The Balaban J connectivity index is 3.22. The van der Waals surface area contributed by atoms with Crippen LogP contribution in [0.2, 0.25) is 0 Å². The molecule has 1 heterocycles. The Hall–Kier alpha value is -1.69. The van der Waals surface area contributed by atoms with Gasteiger partial charge in [0, 0.05) is 5.57 Å².